The van der Waals surface area contributed by atoms with Crippen molar-refractivity contribution >= 4 is 10.0 Å². The van der Waals surface area contributed by atoms with Crippen LogP contribution in [-0.2, 0) is 14.8 Å². The molecule has 1 fully saturated rings. The second kappa shape index (κ2) is 4.16. The fourth-order valence-corrected chi connectivity index (χ4v) is 3.49. The summed E-state index contributed by atoms with van der Waals surface area (Å²) in [5.74, 6) is 0.408. The second-order valence-electron chi connectivity index (χ2n) is 4.44. The lowest BCUT2D eigenvalue weighted by molar-refractivity contribution is 0.00250. The van der Waals surface area contributed by atoms with Gasteiger partial charge in [0, 0.05) is 13.2 Å². The van der Waals surface area contributed by atoms with E-state index in [9.17, 15) is 8.42 Å². The van der Waals surface area contributed by atoms with Crippen LogP contribution in [0.5, 0.6) is 0 Å². The molecule has 4 nitrogen and oxygen atoms in total. The smallest absolute Gasteiger partial charge is 0.209 e. The standard InChI is InChI=1S/C9H19NO3S/c1-8(2)9(7-14(10,11)12)3-5-13-6-4-9/h8H,3-7H2,1-2H3,(H2,10,11,12). The number of primary sulfonamides is 1. The fraction of sp³-hybridized carbons (Fsp3) is 1.00. The summed E-state index contributed by atoms with van der Waals surface area (Å²) in [4.78, 5) is 0. The van der Waals surface area contributed by atoms with E-state index in [0.717, 1.165) is 12.8 Å². The van der Waals surface area contributed by atoms with Crippen LogP contribution in [0.2, 0.25) is 0 Å². The van der Waals surface area contributed by atoms with E-state index >= 15 is 0 Å². The Bertz CT molecular complexity index is 278. The zero-order chi connectivity index (χ0) is 10.8. The van der Waals surface area contributed by atoms with Crippen molar-refractivity contribution in [2.75, 3.05) is 19.0 Å². The second-order valence-corrected chi connectivity index (χ2v) is 6.05. The Hall–Kier alpha value is -0.130. The molecular formula is C9H19NO3S. The molecule has 0 spiro atoms. The van der Waals surface area contributed by atoms with Crippen molar-refractivity contribution < 1.29 is 13.2 Å². The molecule has 5 heteroatoms. The minimum absolute atomic E-state index is 0.0844. The highest BCUT2D eigenvalue weighted by molar-refractivity contribution is 7.89. The molecule has 0 radical (unpaired) electrons. The molecule has 0 atom stereocenters. The van der Waals surface area contributed by atoms with Crippen LogP contribution in [-0.4, -0.2) is 27.4 Å². The molecule has 2 N–H and O–H groups in total. The van der Waals surface area contributed by atoms with E-state index in [-0.39, 0.29) is 11.2 Å². The van der Waals surface area contributed by atoms with Gasteiger partial charge in [-0.2, -0.15) is 0 Å². The Morgan fingerprint density at radius 2 is 1.86 bits per heavy atom. The fourth-order valence-electron chi connectivity index (χ4n) is 2.07. The van der Waals surface area contributed by atoms with Crippen molar-refractivity contribution in [3.05, 3.63) is 0 Å². The van der Waals surface area contributed by atoms with E-state index in [1.165, 1.54) is 0 Å². The summed E-state index contributed by atoms with van der Waals surface area (Å²) >= 11 is 0. The van der Waals surface area contributed by atoms with Crippen LogP contribution in [0.25, 0.3) is 0 Å². The minimum Gasteiger partial charge on any atom is -0.381 e. The molecule has 14 heavy (non-hydrogen) atoms. The average Bonchev–Trinajstić information content (AvgIpc) is 2.02. The third kappa shape index (κ3) is 2.93. The quantitative estimate of drug-likeness (QED) is 0.763. The molecule has 1 heterocycles. The number of rotatable bonds is 3. The predicted octanol–water partition coefficient (Wildman–Crippen LogP) is 0.728. The SMILES string of the molecule is CC(C)C1(CS(N)(=O)=O)CCOCC1. The van der Waals surface area contributed by atoms with Crippen molar-refractivity contribution in [3.63, 3.8) is 0 Å². The van der Waals surface area contributed by atoms with Gasteiger partial charge in [-0.15, -0.1) is 0 Å². The Labute approximate surface area is 85.9 Å². The first-order valence-corrected chi connectivity index (χ1v) is 6.65. The minimum atomic E-state index is -3.38. The van der Waals surface area contributed by atoms with Gasteiger partial charge in [0.25, 0.3) is 0 Å². The topological polar surface area (TPSA) is 69.4 Å². The normalized spacial score (nSPS) is 22.6. The first kappa shape index (κ1) is 11.9. The Morgan fingerprint density at radius 1 is 1.36 bits per heavy atom. The Morgan fingerprint density at radius 3 is 2.21 bits per heavy atom. The summed E-state index contributed by atoms with van der Waals surface area (Å²) in [7, 11) is -3.38. The molecule has 0 saturated carbocycles. The number of ether oxygens (including phenoxy) is 1. The largest absolute Gasteiger partial charge is 0.381 e. The molecule has 84 valence electrons. The van der Waals surface area contributed by atoms with Crippen LogP contribution in [0.4, 0.5) is 0 Å². The number of hydrogen-bond donors (Lipinski definition) is 1. The average molecular weight is 221 g/mol. The van der Waals surface area contributed by atoms with Gasteiger partial charge in [0.2, 0.25) is 10.0 Å². The highest BCUT2D eigenvalue weighted by atomic mass is 32.2. The lowest BCUT2D eigenvalue weighted by Crippen LogP contribution is -2.42. The molecule has 0 unspecified atom stereocenters. The summed E-state index contributed by atoms with van der Waals surface area (Å²) in [5, 5.41) is 5.12. The van der Waals surface area contributed by atoms with Gasteiger partial charge in [-0.1, -0.05) is 13.8 Å². The monoisotopic (exact) mass is 221 g/mol. The zero-order valence-corrected chi connectivity index (χ0v) is 9.64. The molecule has 0 amide bonds. The van der Waals surface area contributed by atoms with Crippen LogP contribution in [0.1, 0.15) is 26.7 Å². The maximum Gasteiger partial charge on any atom is 0.209 e. The number of sulfonamides is 1. The summed E-state index contributed by atoms with van der Waals surface area (Å²) in [6, 6.07) is 0. The highest BCUT2D eigenvalue weighted by Crippen LogP contribution is 2.38. The zero-order valence-electron chi connectivity index (χ0n) is 8.82. The van der Waals surface area contributed by atoms with Gasteiger partial charge in [0.05, 0.1) is 5.75 Å². The Balaban J connectivity index is 2.81. The van der Waals surface area contributed by atoms with Crippen molar-refractivity contribution in [1.29, 1.82) is 0 Å². The summed E-state index contributed by atoms with van der Waals surface area (Å²) < 4.78 is 27.5. The van der Waals surface area contributed by atoms with Crippen LogP contribution in [0.15, 0.2) is 0 Å². The van der Waals surface area contributed by atoms with Gasteiger partial charge in [-0.3, -0.25) is 0 Å². The maximum absolute atomic E-state index is 11.1. The van der Waals surface area contributed by atoms with Crippen LogP contribution in [0, 0.1) is 11.3 Å². The summed E-state index contributed by atoms with van der Waals surface area (Å²) in [5.41, 5.74) is -0.175. The van der Waals surface area contributed by atoms with E-state index in [4.69, 9.17) is 9.88 Å². The third-order valence-electron chi connectivity index (χ3n) is 3.20. The van der Waals surface area contributed by atoms with Gasteiger partial charge >= 0.3 is 0 Å². The third-order valence-corrected chi connectivity index (χ3v) is 4.18. The molecule has 1 aliphatic rings. The van der Waals surface area contributed by atoms with Gasteiger partial charge < -0.3 is 4.74 Å². The summed E-state index contributed by atoms with van der Waals surface area (Å²) in [6.45, 7) is 5.40. The Kier molecular flexibility index (Phi) is 3.55. The highest BCUT2D eigenvalue weighted by Gasteiger charge is 2.38. The lowest BCUT2D eigenvalue weighted by Gasteiger charge is -2.39. The molecular weight excluding hydrogens is 202 g/mol. The van der Waals surface area contributed by atoms with Crippen molar-refractivity contribution in [2.24, 2.45) is 16.5 Å². The maximum atomic E-state index is 11.1. The van der Waals surface area contributed by atoms with E-state index in [1.807, 2.05) is 0 Å². The molecule has 0 aliphatic carbocycles. The van der Waals surface area contributed by atoms with Gasteiger partial charge in [-0.25, -0.2) is 13.6 Å². The predicted molar refractivity (Wildman–Crippen MR) is 55.3 cm³/mol. The van der Waals surface area contributed by atoms with E-state index in [1.54, 1.807) is 0 Å². The van der Waals surface area contributed by atoms with Crippen molar-refractivity contribution in [3.8, 4) is 0 Å². The molecule has 1 rings (SSSR count). The van der Waals surface area contributed by atoms with Crippen molar-refractivity contribution in [1.82, 2.24) is 0 Å². The van der Waals surface area contributed by atoms with Gasteiger partial charge in [0.15, 0.2) is 0 Å². The molecule has 1 saturated heterocycles. The van der Waals surface area contributed by atoms with Crippen LogP contribution >= 0.6 is 0 Å². The number of hydrogen-bond acceptors (Lipinski definition) is 3. The molecule has 0 aromatic rings. The van der Waals surface area contributed by atoms with E-state index < -0.39 is 10.0 Å². The molecule has 0 aromatic heterocycles. The van der Waals surface area contributed by atoms with Gasteiger partial charge in [-0.05, 0) is 24.2 Å². The van der Waals surface area contributed by atoms with Crippen LogP contribution < -0.4 is 5.14 Å². The molecule has 0 bridgehead atoms. The molecule has 1 aliphatic heterocycles. The first-order chi connectivity index (χ1) is 6.36. The molecule has 0 aromatic carbocycles. The summed E-state index contributed by atoms with van der Waals surface area (Å²) in [6.07, 6.45) is 1.59. The van der Waals surface area contributed by atoms with E-state index in [0.29, 0.717) is 19.1 Å². The van der Waals surface area contributed by atoms with Gasteiger partial charge in [0.1, 0.15) is 0 Å². The van der Waals surface area contributed by atoms with E-state index in [2.05, 4.69) is 13.8 Å². The van der Waals surface area contributed by atoms with Crippen molar-refractivity contribution in [2.45, 2.75) is 26.7 Å². The number of nitrogens with two attached hydrogens (primary N) is 1. The lowest BCUT2D eigenvalue weighted by atomic mass is 9.73. The van der Waals surface area contributed by atoms with Crippen LogP contribution in [0.3, 0.4) is 0 Å². The first-order valence-electron chi connectivity index (χ1n) is 4.94.